The van der Waals surface area contributed by atoms with Crippen molar-refractivity contribution < 1.29 is 31.5 Å². The van der Waals surface area contributed by atoms with Crippen molar-refractivity contribution in [2.24, 2.45) is 0 Å². The molecule has 7 nitrogen and oxygen atoms in total. The number of benzene rings is 2. The van der Waals surface area contributed by atoms with Crippen LogP contribution in [0.15, 0.2) is 58.3 Å². The molecular weight excluding hydrogens is 438 g/mol. The predicted octanol–water partition coefficient (Wildman–Crippen LogP) is 3.04. The molecule has 0 bridgehead atoms. The van der Waals surface area contributed by atoms with Gasteiger partial charge in [0.15, 0.2) is 6.61 Å². The van der Waals surface area contributed by atoms with Crippen LogP contribution >= 0.6 is 11.8 Å². The third kappa shape index (κ3) is 6.14. The summed E-state index contributed by atoms with van der Waals surface area (Å²) >= 11 is 0.423. The molecule has 1 aliphatic rings. The molecule has 2 aromatic carbocycles. The van der Waals surface area contributed by atoms with Crippen molar-refractivity contribution in [2.45, 2.75) is 15.5 Å². The van der Waals surface area contributed by atoms with Gasteiger partial charge in [-0.15, -0.1) is 0 Å². The van der Waals surface area contributed by atoms with Crippen LogP contribution in [0.4, 0.5) is 14.5 Å². The van der Waals surface area contributed by atoms with E-state index in [4.69, 9.17) is 9.47 Å². The van der Waals surface area contributed by atoms with E-state index >= 15 is 0 Å². The molecule has 1 fully saturated rings. The number of sulfonamides is 1. The second kappa shape index (κ2) is 10.2. The van der Waals surface area contributed by atoms with Crippen LogP contribution < -0.4 is 10.1 Å². The zero-order chi connectivity index (χ0) is 21.6. The fourth-order valence-corrected chi connectivity index (χ4v) is 4.62. The van der Waals surface area contributed by atoms with E-state index in [1.165, 1.54) is 52.8 Å². The van der Waals surface area contributed by atoms with Crippen LogP contribution in [0.2, 0.25) is 0 Å². The van der Waals surface area contributed by atoms with Crippen molar-refractivity contribution in [1.82, 2.24) is 4.31 Å². The normalized spacial score (nSPS) is 15.2. The fraction of sp³-hybridized carbons (Fsp3) is 0.316. The number of nitrogens with one attached hydrogen (secondary N) is 1. The molecule has 11 heteroatoms. The number of amides is 1. The molecule has 0 aliphatic carbocycles. The van der Waals surface area contributed by atoms with Gasteiger partial charge in [0.25, 0.3) is 11.7 Å². The lowest BCUT2D eigenvalue weighted by atomic mass is 10.3. The van der Waals surface area contributed by atoms with Crippen molar-refractivity contribution in [3.63, 3.8) is 0 Å². The van der Waals surface area contributed by atoms with E-state index in [1.807, 2.05) is 0 Å². The van der Waals surface area contributed by atoms with Gasteiger partial charge >= 0.3 is 0 Å². The smallest absolute Gasteiger partial charge is 0.288 e. The Labute approximate surface area is 177 Å². The summed E-state index contributed by atoms with van der Waals surface area (Å²) < 4.78 is 61.7. The summed E-state index contributed by atoms with van der Waals surface area (Å²) in [4.78, 5) is 12.5. The van der Waals surface area contributed by atoms with Gasteiger partial charge in [0.1, 0.15) is 5.75 Å². The zero-order valence-electron chi connectivity index (χ0n) is 15.8. The van der Waals surface area contributed by atoms with Crippen LogP contribution in [0.5, 0.6) is 5.75 Å². The van der Waals surface area contributed by atoms with Crippen LogP contribution in [0.25, 0.3) is 0 Å². The number of halogens is 2. The molecule has 1 N–H and O–H groups in total. The van der Waals surface area contributed by atoms with E-state index in [0.29, 0.717) is 54.4 Å². The molecule has 0 aromatic heterocycles. The van der Waals surface area contributed by atoms with Crippen LogP contribution in [0.1, 0.15) is 0 Å². The van der Waals surface area contributed by atoms with Crippen molar-refractivity contribution in [3.8, 4) is 5.75 Å². The van der Waals surface area contributed by atoms with Crippen LogP contribution in [-0.2, 0) is 19.6 Å². The van der Waals surface area contributed by atoms with Crippen molar-refractivity contribution in [1.29, 1.82) is 0 Å². The first kappa shape index (κ1) is 22.5. The standard InChI is InChI=1S/C19H20F2N2O5S2/c20-19(21)29-16-5-1-14(2-6-16)22-18(24)13-28-15-3-7-17(8-4-15)30(25,26)23-9-11-27-12-10-23/h1-8,19H,9-13H2,(H,22,24). The van der Waals surface area contributed by atoms with Gasteiger partial charge in [-0.3, -0.25) is 4.79 Å². The molecule has 2 aromatic rings. The summed E-state index contributed by atoms with van der Waals surface area (Å²) in [7, 11) is -3.59. The van der Waals surface area contributed by atoms with Gasteiger partial charge in [-0.25, -0.2) is 8.42 Å². The minimum Gasteiger partial charge on any atom is -0.484 e. The summed E-state index contributed by atoms with van der Waals surface area (Å²) in [6.45, 7) is 1.06. The van der Waals surface area contributed by atoms with Crippen LogP contribution in [-0.4, -0.2) is 57.3 Å². The molecule has 0 spiro atoms. The minimum absolute atomic E-state index is 0.142. The highest BCUT2D eigenvalue weighted by molar-refractivity contribution is 7.99. The Morgan fingerprint density at radius 1 is 1.10 bits per heavy atom. The number of alkyl halides is 2. The van der Waals surface area contributed by atoms with Gasteiger partial charge < -0.3 is 14.8 Å². The number of hydrogen-bond acceptors (Lipinski definition) is 6. The first-order valence-corrected chi connectivity index (χ1v) is 11.3. The highest BCUT2D eigenvalue weighted by atomic mass is 32.2. The monoisotopic (exact) mass is 458 g/mol. The van der Waals surface area contributed by atoms with Gasteiger partial charge in [-0.1, -0.05) is 11.8 Å². The number of carbonyl (C=O) groups is 1. The Bertz CT molecular complexity index is 948. The SMILES string of the molecule is O=C(COc1ccc(S(=O)(=O)N2CCOCC2)cc1)Nc1ccc(SC(F)F)cc1. The van der Waals surface area contributed by atoms with Crippen molar-refractivity contribution >= 4 is 33.4 Å². The van der Waals surface area contributed by atoms with Crippen LogP contribution in [0, 0.1) is 0 Å². The molecule has 162 valence electrons. The second-order valence-electron chi connectivity index (χ2n) is 6.23. The third-order valence-electron chi connectivity index (χ3n) is 4.16. The lowest BCUT2D eigenvalue weighted by Gasteiger charge is -2.26. The Kier molecular flexibility index (Phi) is 7.64. The Hall–Kier alpha value is -2.21. The van der Waals surface area contributed by atoms with Gasteiger partial charge in [0, 0.05) is 23.7 Å². The summed E-state index contributed by atoms with van der Waals surface area (Å²) in [5.74, 6) is -2.60. The van der Waals surface area contributed by atoms with E-state index in [0.717, 1.165) is 0 Å². The third-order valence-corrected chi connectivity index (χ3v) is 6.80. The van der Waals surface area contributed by atoms with Gasteiger partial charge in [-0.2, -0.15) is 13.1 Å². The maximum Gasteiger partial charge on any atom is 0.288 e. The second-order valence-corrected chi connectivity index (χ2v) is 9.23. The summed E-state index contributed by atoms with van der Waals surface area (Å²) in [6, 6.07) is 11.8. The van der Waals surface area contributed by atoms with E-state index in [2.05, 4.69) is 5.32 Å². The number of ether oxygens (including phenoxy) is 2. The highest BCUT2D eigenvalue weighted by Gasteiger charge is 2.26. The Morgan fingerprint density at radius 3 is 2.33 bits per heavy atom. The quantitative estimate of drug-likeness (QED) is 0.612. The minimum atomic E-state index is -3.59. The van der Waals surface area contributed by atoms with E-state index in [1.54, 1.807) is 0 Å². The molecule has 1 heterocycles. The fourth-order valence-electron chi connectivity index (χ4n) is 2.71. The highest BCUT2D eigenvalue weighted by Crippen LogP contribution is 2.26. The molecule has 0 atom stereocenters. The topological polar surface area (TPSA) is 84.9 Å². The lowest BCUT2D eigenvalue weighted by molar-refractivity contribution is -0.118. The molecule has 1 saturated heterocycles. The number of morpholine rings is 1. The van der Waals surface area contributed by atoms with Gasteiger partial charge in [-0.05, 0) is 48.5 Å². The average Bonchev–Trinajstić information content (AvgIpc) is 2.74. The lowest BCUT2D eigenvalue weighted by Crippen LogP contribution is -2.40. The van der Waals surface area contributed by atoms with Crippen LogP contribution in [0.3, 0.4) is 0 Å². The number of carbonyl (C=O) groups excluding carboxylic acids is 1. The molecule has 1 amide bonds. The summed E-state index contributed by atoms with van der Waals surface area (Å²) in [6.07, 6.45) is 0. The Morgan fingerprint density at radius 2 is 1.73 bits per heavy atom. The maximum atomic E-state index is 12.6. The van der Waals surface area contributed by atoms with Crippen molar-refractivity contribution in [2.75, 3.05) is 38.2 Å². The molecule has 0 unspecified atom stereocenters. The molecule has 1 aliphatic heterocycles. The average molecular weight is 459 g/mol. The molecular formula is C19H20F2N2O5S2. The number of anilines is 1. The number of thioether (sulfide) groups is 1. The van der Waals surface area contributed by atoms with E-state index < -0.39 is 21.7 Å². The molecule has 0 radical (unpaired) electrons. The molecule has 0 saturated carbocycles. The maximum absolute atomic E-state index is 12.6. The summed E-state index contributed by atoms with van der Waals surface area (Å²) in [5, 5.41) is 2.60. The number of hydrogen-bond donors (Lipinski definition) is 1. The van der Waals surface area contributed by atoms with Gasteiger partial charge in [0.2, 0.25) is 10.0 Å². The van der Waals surface area contributed by atoms with E-state index in [9.17, 15) is 22.0 Å². The number of nitrogens with zero attached hydrogens (tertiary/aromatic N) is 1. The molecule has 30 heavy (non-hydrogen) atoms. The Balaban J connectivity index is 1.51. The van der Waals surface area contributed by atoms with E-state index in [-0.39, 0.29) is 11.5 Å². The van der Waals surface area contributed by atoms with Crippen molar-refractivity contribution in [3.05, 3.63) is 48.5 Å². The summed E-state index contributed by atoms with van der Waals surface area (Å²) in [5.41, 5.74) is 0.453. The molecule has 3 rings (SSSR count). The first-order chi connectivity index (χ1) is 14.3. The number of rotatable bonds is 8. The predicted molar refractivity (Wildman–Crippen MR) is 108 cm³/mol. The first-order valence-electron chi connectivity index (χ1n) is 9.00. The van der Waals surface area contributed by atoms with Gasteiger partial charge in [0.05, 0.1) is 18.1 Å². The zero-order valence-corrected chi connectivity index (χ0v) is 17.4. The largest absolute Gasteiger partial charge is 0.484 e.